The Hall–Kier alpha value is -3.06. The average molecular weight is 369 g/mol. The van der Waals surface area contributed by atoms with Gasteiger partial charge in [-0.15, -0.1) is 0 Å². The fourth-order valence-corrected chi connectivity index (χ4v) is 2.34. The maximum atomic E-state index is 13.3. The van der Waals surface area contributed by atoms with Crippen LogP contribution in [0, 0.1) is 28.4 Å². The lowest BCUT2D eigenvalue weighted by atomic mass is 9.95. The standard InChI is InChI=1S/C16H14F3N3O4/c1-10-2-5-14(26-10)15(23,16(17,18)19)6-7-21-12-4-3-11(9-20)8-13(12)22(24)25/h2-5,8,21,23H,6-7H2,1H3. The Kier molecular flexibility index (Phi) is 5.22. The number of hydrogen-bond donors (Lipinski definition) is 2. The summed E-state index contributed by atoms with van der Waals surface area (Å²) in [5.41, 5.74) is -3.71. The molecule has 2 rings (SSSR count). The summed E-state index contributed by atoms with van der Waals surface area (Å²) < 4.78 is 45.0. The summed E-state index contributed by atoms with van der Waals surface area (Å²) in [6.07, 6.45) is -5.84. The molecular formula is C16H14F3N3O4. The van der Waals surface area contributed by atoms with E-state index in [1.807, 2.05) is 0 Å². The second kappa shape index (κ2) is 7.05. The van der Waals surface area contributed by atoms with Crippen LogP contribution in [0.1, 0.15) is 23.5 Å². The highest BCUT2D eigenvalue weighted by Crippen LogP contribution is 2.42. The molecule has 0 aliphatic heterocycles. The Morgan fingerprint density at radius 3 is 2.54 bits per heavy atom. The summed E-state index contributed by atoms with van der Waals surface area (Å²) in [6.45, 7) is 1.02. The van der Waals surface area contributed by atoms with Crippen LogP contribution in [-0.4, -0.2) is 22.8 Å². The van der Waals surface area contributed by atoms with Gasteiger partial charge < -0.3 is 14.8 Å². The molecule has 2 N–H and O–H groups in total. The molecule has 138 valence electrons. The Bertz CT molecular complexity index is 857. The summed E-state index contributed by atoms with van der Waals surface area (Å²) >= 11 is 0. The Morgan fingerprint density at radius 1 is 1.35 bits per heavy atom. The number of aryl methyl sites for hydroxylation is 1. The number of furan rings is 1. The van der Waals surface area contributed by atoms with Crippen LogP contribution < -0.4 is 5.32 Å². The van der Waals surface area contributed by atoms with Gasteiger partial charge in [-0.2, -0.15) is 18.4 Å². The highest BCUT2D eigenvalue weighted by Gasteiger charge is 2.56. The molecule has 10 heteroatoms. The molecule has 2 aromatic rings. The van der Waals surface area contributed by atoms with Gasteiger partial charge in [-0.1, -0.05) is 0 Å². The molecular weight excluding hydrogens is 355 g/mol. The third kappa shape index (κ3) is 3.78. The molecule has 1 atom stereocenters. The topological polar surface area (TPSA) is 112 Å². The maximum Gasteiger partial charge on any atom is 0.424 e. The smallest absolute Gasteiger partial charge is 0.424 e. The molecule has 0 fully saturated rings. The molecule has 0 bridgehead atoms. The quantitative estimate of drug-likeness (QED) is 0.594. The first kappa shape index (κ1) is 19.3. The van der Waals surface area contributed by atoms with Crippen molar-refractivity contribution in [1.82, 2.24) is 0 Å². The lowest BCUT2D eigenvalue weighted by Gasteiger charge is -2.28. The van der Waals surface area contributed by atoms with Crippen LogP contribution in [0.2, 0.25) is 0 Å². The molecule has 26 heavy (non-hydrogen) atoms. The molecule has 0 aliphatic rings. The van der Waals surface area contributed by atoms with Crippen LogP contribution in [0.5, 0.6) is 0 Å². The summed E-state index contributed by atoms with van der Waals surface area (Å²) in [5, 5.41) is 32.5. The highest BCUT2D eigenvalue weighted by atomic mass is 19.4. The van der Waals surface area contributed by atoms with Crippen molar-refractivity contribution in [1.29, 1.82) is 5.26 Å². The second-order valence-electron chi connectivity index (χ2n) is 5.55. The van der Waals surface area contributed by atoms with Crippen molar-refractivity contribution in [2.24, 2.45) is 0 Å². The number of rotatable bonds is 6. The molecule has 1 aromatic heterocycles. The molecule has 7 nitrogen and oxygen atoms in total. The van der Waals surface area contributed by atoms with Gasteiger partial charge in [0.1, 0.15) is 17.2 Å². The fraction of sp³-hybridized carbons (Fsp3) is 0.312. The fourth-order valence-electron chi connectivity index (χ4n) is 2.34. The van der Waals surface area contributed by atoms with Gasteiger partial charge in [-0.3, -0.25) is 10.1 Å². The zero-order chi connectivity index (χ0) is 19.5. The number of halogens is 3. The Labute approximate surface area is 145 Å². The number of nitrogens with one attached hydrogen (secondary N) is 1. The monoisotopic (exact) mass is 369 g/mol. The molecule has 0 spiro atoms. The third-order valence-electron chi connectivity index (χ3n) is 3.74. The van der Waals surface area contributed by atoms with E-state index in [9.17, 15) is 28.4 Å². The Balaban J connectivity index is 2.21. The normalized spacial score (nSPS) is 13.7. The first-order valence-corrected chi connectivity index (χ1v) is 7.37. The van der Waals surface area contributed by atoms with E-state index in [1.165, 1.54) is 25.1 Å². The van der Waals surface area contributed by atoms with Gasteiger partial charge in [0.2, 0.25) is 5.60 Å². The van der Waals surface area contributed by atoms with Crippen molar-refractivity contribution < 1.29 is 27.6 Å². The number of benzene rings is 1. The number of nitro benzene ring substituents is 1. The van der Waals surface area contributed by atoms with Crippen molar-refractivity contribution in [3.05, 3.63) is 57.5 Å². The number of aliphatic hydroxyl groups is 1. The van der Waals surface area contributed by atoms with Crippen molar-refractivity contribution in [2.45, 2.75) is 25.1 Å². The van der Waals surface area contributed by atoms with E-state index < -0.39 is 41.1 Å². The minimum atomic E-state index is -5.00. The minimum absolute atomic E-state index is 0.0418. The van der Waals surface area contributed by atoms with Crippen molar-refractivity contribution in [3.63, 3.8) is 0 Å². The first-order chi connectivity index (χ1) is 12.1. The number of anilines is 1. The number of nitro groups is 1. The second-order valence-corrected chi connectivity index (χ2v) is 5.55. The minimum Gasteiger partial charge on any atom is -0.463 e. The molecule has 0 saturated carbocycles. The maximum absolute atomic E-state index is 13.3. The van der Waals surface area contributed by atoms with Crippen molar-refractivity contribution in [2.75, 3.05) is 11.9 Å². The molecule has 1 unspecified atom stereocenters. The average Bonchev–Trinajstić information content (AvgIpc) is 3.00. The largest absolute Gasteiger partial charge is 0.463 e. The molecule has 1 heterocycles. The van der Waals surface area contributed by atoms with Gasteiger partial charge in [0, 0.05) is 19.0 Å². The first-order valence-electron chi connectivity index (χ1n) is 7.37. The van der Waals surface area contributed by atoms with E-state index in [2.05, 4.69) is 5.32 Å². The summed E-state index contributed by atoms with van der Waals surface area (Å²) in [4.78, 5) is 10.3. The van der Waals surface area contributed by atoms with Crippen LogP contribution >= 0.6 is 0 Å². The van der Waals surface area contributed by atoms with Crippen LogP contribution in [-0.2, 0) is 5.60 Å². The van der Waals surface area contributed by atoms with Crippen molar-refractivity contribution in [3.8, 4) is 6.07 Å². The van der Waals surface area contributed by atoms with Gasteiger partial charge >= 0.3 is 6.18 Å². The highest BCUT2D eigenvalue weighted by molar-refractivity contribution is 5.64. The van der Waals surface area contributed by atoms with Gasteiger partial charge in [-0.05, 0) is 31.2 Å². The van der Waals surface area contributed by atoms with Crippen LogP contribution in [0.25, 0.3) is 0 Å². The van der Waals surface area contributed by atoms with Gasteiger partial charge in [0.05, 0.1) is 16.6 Å². The van der Waals surface area contributed by atoms with Gasteiger partial charge in [0.25, 0.3) is 5.69 Å². The number of hydrogen-bond acceptors (Lipinski definition) is 6. The van der Waals surface area contributed by atoms with E-state index >= 15 is 0 Å². The summed E-state index contributed by atoms with van der Waals surface area (Å²) in [5.74, 6) is -0.447. The van der Waals surface area contributed by atoms with E-state index in [0.29, 0.717) is 0 Å². The number of nitrogens with zero attached hydrogens (tertiary/aromatic N) is 2. The number of nitriles is 1. The van der Waals surface area contributed by atoms with E-state index in [0.717, 1.165) is 12.1 Å². The van der Waals surface area contributed by atoms with E-state index in [-0.39, 0.29) is 17.0 Å². The van der Waals surface area contributed by atoms with Gasteiger partial charge in [0.15, 0.2) is 0 Å². The molecule has 0 saturated heterocycles. The Morgan fingerprint density at radius 2 is 2.04 bits per heavy atom. The molecule has 0 aliphatic carbocycles. The summed E-state index contributed by atoms with van der Waals surface area (Å²) in [7, 11) is 0. The van der Waals surface area contributed by atoms with Crippen LogP contribution in [0.15, 0.2) is 34.7 Å². The zero-order valence-corrected chi connectivity index (χ0v) is 13.5. The molecule has 0 amide bonds. The SMILES string of the molecule is Cc1ccc(C(O)(CCNc2ccc(C#N)cc2[N+](=O)[O-])C(F)(F)F)o1. The lowest BCUT2D eigenvalue weighted by molar-refractivity contribution is -0.384. The lowest BCUT2D eigenvalue weighted by Crippen LogP contribution is -2.43. The predicted molar refractivity (Wildman–Crippen MR) is 84.3 cm³/mol. The van der Waals surface area contributed by atoms with Crippen molar-refractivity contribution >= 4 is 11.4 Å². The third-order valence-corrected chi connectivity index (χ3v) is 3.74. The summed E-state index contributed by atoms with van der Waals surface area (Å²) in [6, 6.07) is 7.59. The van der Waals surface area contributed by atoms with Crippen LogP contribution in [0.3, 0.4) is 0 Å². The van der Waals surface area contributed by atoms with Crippen LogP contribution in [0.4, 0.5) is 24.5 Å². The zero-order valence-electron chi connectivity index (χ0n) is 13.5. The predicted octanol–water partition coefficient (Wildman–Crippen LogP) is 3.62. The number of alkyl halides is 3. The molecule has 1 aromatic carbocycles. The van der Waals surface area contributed by atoms with Gasteiger partial charge in [-0.25, -0.2) is 0 Å². The van der Waals surface area contributed by atoms with E-state index in [4.69, 9.17) is 9.68 Å². The van der Waals surface area contributed by atoms with E-state index in [1.54, 1.807) is 6.07 Å². The molecule has 0 radical (unpaired) electrons.